The highest BCUT2D eigenvalue weighted by Gasteiger charge is 2.94. The van der Waals surface area contributed by atoms with Gasteiger partial charge in [0.15, 0.2) is 5.60 Å². The van der Waals surface area contributed by atoms with Gasteiger partial charge in [0.2, 0.25) is 5.60 Å². The van der Waals surface area contributed by atoms with Crippen molar-refractivity contribution < 1.29 is 35.1 Å². The summed E-state index contributed by atoms with van der Waals surface area (Å²) in [5.41, 5.74) is -8.19. The average Bonchev–Trinajstić information content (AvgIpc) is 2.85. The first-order valence-corrected chi connectivity index (χ1v) is 9.76. The molecule has 2 saturated carbocycles. The molecular formula is C20H30O7. The van der Waals surface area contributed by atoms with Gasteiger partial charge < -0.3 is 30.3 Å². The summed E-state index contributed by atoms with van der Waals surface area (Å²) in [4.78, 5) is 12.5. The predicted octanol–water partition coefficient (Wildman–Crippen LogP) is 0.0247. The Morgan fingerprint density at radius 1 is 1.22 bits per heavy atom. The summed E-state index contributed by atoms with van der Waals surface area (Å²) in [6, 6.07) is 0. The number of hydrogen-bond donors (Lipinski definition) is 5. The van der Waals surface area contributed by atoms with Gasteiger partial charge in [0.05, 0.1) is 6.42 Å². The highest BCUT2D eigenvalue weighted by molar-refractivity contribution is 5.77. The molecule has 3 fully saturated rings. The largest absolute Gasteiger partial charge is 0.450 e. The van der Waals surface area contributed by atoms with Crippen molar-refractivity contribution in [3.63, 3.8) is 0 Å². The van der Waals surface area contributed by atoms with Gasteiger partial charge in [-0.1, -0.05) is 26.3 Å². The summed E-state index contributed by atoms with van der Waals surface area (Å²) in [6.45, 7) is 6.66. The highest BCUT2D eigenvalue weighted by atomic mass is 16.6. The van der Waals surface area contributed by atoms with Gasteiger partial charge in [-0.2, -0.15) is 0 Å². The van der Waals surface area contributed by atoms with Crippen LogP contribution in [0.3, 0.4) is 0 Å². The van der Waals surface area contributed by atoms with E-state index in [2.05, 4.69) is 0 Å². The Hall–Kier alpha value is -0.990. The molecule has 0 amide bonds. The van der Waals surface area contributed by atoms with Crippen molar-refractivity contribution in [3.05, 3.63) is 11.1 Å². The lowest BCUT2D eigenvalue weighted by Crippen LogP contribution is -2.77. The molecule has 7 nitrogen and oxygen atoms in total. The fraction of sp³-hybridized carbons (Fsp3) is 0.850. The lowest BCUT2D eigenvalue weighted by Gasteiger charge is -2.59. The molecule has 0 aromatic heterocycles. The summed E-state index contributed by atoms with van der Waals surface area (Å²) in [5, 5.41) is 56.7. The maximum Gasteiger partial charge on any atom is 0.307 e. The first-order valence-electron chi connectivity index (χ1n) is 9.76. The van der Waals surface area contributed by atoms with Crippen LogP contribution in [-0.2, 0) is 9.53 Å². The Labute approximate surface area is 158 Å². The quantitative estimate of drug-likeness (QED) is 0.337. The van der Waals surface area contributed by atoms with Crippen LogP contribution in [-0.4, -0.2) is 66.6 Å². The molecule has 2 bridgehead atoms. The van der Waals surface area contributed by atoms with Gasteiger partial charge in [-0.05, 0) is 31.3 Å². The van der Waals surface area contributed by atoms with E-state index in [-0.39, 0.29) is 37.7 Å². The van der Waals surface area contributed by atoms with Gasteiger partial charge in [0.1, 0.15) is 17.3 Å². The fourth-order valence-corrected chi connectivity index (χ4v) is 6.89. The smallest absolute Gasteiger partial charge is 0.307 e. The molecule has 1 heterocycles. The normalized spacial score (nSPS) is 55.2. The number of esters is 1. The molecule has 0 spiro atoms. The Bertz CT molecular complexity index is 749. The Kier molecular flexibility index (Phi) is 3.67. The van der Waals surface area contributed by atoms with Crippen molar-refractivity contribution in [1.29, 1.82) is 0 Å². The zero-order chi connectivity index (χ0) is 20.2. The van der Waals surface area contributed by atoms with Crippen molar-refractivity contribution in [2.45, 2.75) is 81.9 Å². The molecule has 3 aliphatic carbocycles. The Balaban J connectivity index is 2.08. The maximum atomic E-state index is 12.5. The van der Waals surface area contributed by atoms with Crippen LogP contribution in [0.1, 0.15) is 53.4 Å². The third-order valence-electron chi connectivity index (χ3n) is 8.61. The van der Waals surface area contributed by atoms with Gasteiger partial charge in [0.25, 0.3) is 0 Å². The molecular weight excluding hydrogens is 352 g/mol. The van der Waals surface area contributed by atoms with Crippen molar-refractivity contribution in [1.82, 2.24) is 0 Å². The van der Waals surface area contributed by atoms with Crippen molar-refractivity contribution >= 4 is 5.97 Å². The first kappa shape index (κ1) is 19.3. The summed E-state index contributed by atoms with van der Waals surface area (Å²) >= 11 is 0. The van der Waals surface area contributed by atoms with Gasteiger partial charge in [-0.25, -0.2) is 0 Å². The zero-order valence-corrected chi connectivity index (χ0v) is 16.3. The number of carbonyl (C=O) groups excluding carboxylic acids is 1. The third kappa shape index (κ3) is 1.60. The monoisotopic (exact) mass is 382 g/mol. The van der Waals surface area contributed by atoms with Crippen LogP contribution in [0.25, 0.3) is 0 Å². The molecule has 4 aliphatic rings. The molecule has 152 valence electrons. The number of carbonyl (C=O) groups is 1. The van der Waals surface area contributed by atoms with Gasteiger partial charge in [-0.3, -0.25) is 4.79 Å². The second kappa shape index (κ2) is 5.13. The number of hydrogen-bond acceptors (Lipinski definition) is 7. The lowest BCUT2D eigenvalue weighted by molar-refractivity contribution is -0.307. The number of rotatable bonds is 2. The SMILES string of the molecule is CC1=C([C@@H](C)CO)C[C@@]2(O)[C@@]3(C)CC(=O)O[C@@]4([C@H](O)[C@@H](C)CC[C@]34O)[C@@]12O. The molecule has 7 heteroatoms. The van der Waals surface area contributed by atoms with Crippen LogP contribution < -0.4 is 0 Å². The lowest BCUT2D eigenvalue weighted by atomic mass is 9.55. The summed E-state index contributed by atoms with van der Waals surface area (Å²) < 4.78 is 5.69. The molecule has 0 aromatic rings. The van der Waals surface area contributed by atoms with Crippen LogP contribution in [0.15, 0.2) is 11.1 Å². The van der Waals surface area contributed by atoms with E-state index in [1.807, 2.05) is 0 Å². The number of aliphatic hydroxyl groups is 5. The minimum absolute atomic E-state index is 0.00929. The van der Waals surface area contributed by atoms with Crippen molar-refractivity contribution in [3.8, 4) is 0 Å². The van der Waals surface area contributed by atoms with E-state index in [4.69, 9.17) is 4.74 Å². The first-order chi connectivity index (χ1) is 12.4. The fourth-order valence-electron chi connectivity index (χ4n) is 6.89. The zero-order valence-electron chi connectivity index (χ0n) is 16.3. The van der Waals surface area contributed by atoms with E-state index in [1.165, 1.54) is 0 Å². The summed E-state index contributed by atoms with van der Waals surface area (Å²) in [5.74, 6) is -1.29. The van der Waals surface area contributed by atoms with Crippen LogP contribution in [0.2, 0.25) is 0 Å². The van der Waals surface area contributed by atoms with Gasteiger partial charge >= 0.3 is 5.97 Å². The van der Waals surface area contributed by atoms with Crippen molar-refractivity contribution in [2.75, 3.05) is 6.61 Å². The second-order valence-electron chi connectivity index (χ2n) is 9.52. The number of ether oxygens (including phenoxy) is 1. The number of aliphatic hydroxyl groups excluding tert-OH is 2. The molecule has 4 rings (SSSR count). The molecule has 27 heavy (non-hydrogen) atoms. The topological polar surface area (TPSA) is 127 Å². The minimum atomic E-state index is -2.14. The second-order valence-corrected chi connectivity index (χ2v) is 9.52. The van der Waals surface area contributed by atoms with Crippen molar-refractivity contribution in [2.24, 2.45) is 17.3 Å². The van der Waals surface area contributed by atoms with E-state index >= 15 is 0 Å². The van der Waals surface area contributed by atoms with E-state index < -0.39 is 39.9 Å². The molecule has 0 aromatic carbocycles. The minimum Gasteiger partial charge on any atom is -0.450 e. The summed E-state index contributed by atoms with van der Waals surface area (Å²) in [6.07, 6.45) is -0.883. The van der Waals surface area contributed by atoms with E-state index in [0.29, 0.717) is 17.6 Å². The molecule has 1 aliphatic heterocycles. The maximum absolute atomic E-state index is 12.5. The van der Waals surface area contributed by atoms with Crippen LogP contribution in [0.5, 0.6) is 0 Å². The van der Waals surface area contributed by atoms with Crippen LogP contribution in [0.4, 0.5) is 0 Å². The van der Waals surface area contributed by atoms with Gasteiger partial charge in [0, 0.05) is 24.4 Å². The molecule has 8 atom stereocenters. The van der Waals surface area contributed by atoms with Gasteiger partial charge in [-0.15, -0.1) is 0 Å². The van der Waals surface area contributed by atoms with E-state index in [1.54, 1.807) is 27.7 Å². The third-order valence-corrected chi connectivity index (χ3v) is 8.61. The molecule has 0 radical (unpaired) electrons. The molecule has 0 unspecified atom stereocenters. The van der Waals surface area contributed by atoms with Crippen LogP contribution in [0, 0.1) is 17.3 Å². The average molecular weight is 382 g/mol. The standard InChI is InChI=1S/C20H30O7/c1-10-5-6-17(24)16(4)8-14(22)27-20(17,15(10)23)19(26)12(3)13(11(2)9-21)7-18(16,19)25/h10-11,15,21,23-26H,5-9H2,1-4H3/t10-,11-,15+,16-,17-,18+,19+,20+/m0/s1. The Morgan fingerprint density at radius 2 is 1.85 bits per heavy atom. The highest BCUT2D eigenvalue weighted by Crippen LogP contribution is 2.77. The molecule has 5 N–H and O–H groups in total. The van der Waals surface area contributed by atoms with Crippen LogP contribution >= 0.6 is 0 Å². The Morgan fingerprint density at radius 3 is 2.44 bits per heavy atom. The van der Waals surface area contributed by atoms with E-state index in [0.717, 1.165) is 0 Å². The summed E-state index contributed by atoms with van der Waals surface area (Å²) in [7, 11) is 0. The number of fused-ring (bicyclic) bond motifs is 2. The molecule has 1 saturated heterocycles. The van der Waals surface area contributed by atoms with E-state index in [9.17, 15) is 30.3 Å². The predicted molar refractivity (Wildman–Crippen MR) is 94.4 cm³/mol.